The molecule has 2 rings (SSSR count). The van der Waals surface area contributed by atoms with Crippen LogP contribution in [0.2, 0.25) is 0 Å². The van der Waals surface area contributed by atoms with E-state index in [1.807, 2.05) is 0 Å². The Bertz CT molecular complexity index is 891. The number of nitrogens with zero attached hydrogens (tertiary/aromatic N) is 1. The number of methoxy groups -OCH3 is 2. The van der Waals surface area contributed by atoms with Gasteiger partial charge in [0.25, 0.3) is 10.0 Å². The summed E-state index contributed by atoms with van der Waals surface area (Å²) in [6, 6.07) is 9.97. The lowest BCUT2D eigenvalue weighted by Gasteiger charge is -2.09. The zero-order valence-corrected chi connectivity index (χ0v) is 14.3. The molecule has 0 aromatic heterocycles. The van der Waals surface area contributed by atoms with Crippen molar-refractivity contribution in [3.05, 3.63) is 53.6 Å². The largest absolute Gasteiger partial charge is 0.493 e. The Hall–Kier alpha value is -3.07. The summed E-state index contributed by atoms with van der Waals surface area (Å²) in [4.78, 5) is 12.8. The number of carboxylic acids is 1. The van der Waals surface area contributed by atoms with Gasteiger partial charge in [-0.25, -0.2) is 9.63 Å². The van der Waals surface area contributed by atoms with Gasteiger partial charge >= 0.3 is 5.97 Å². The Kier molecular flexibility index (Phi) is 5.60. The lowest BCUT2D eigenvalue weighted by atomic mass is 10.1. The molecule has 0 fully saturated rings. The van der Waals surface area contributed by atoms with Gasteiger partial charge in [0.05, 0.1) is 30.9 Å². The SMILES string of the molecule is COc1ccc(S(=O)(=O)N/N=C/c2ccc(C(=O)O)cc2)cc1OC. The Balaban J connectivity index is 2.14. The average Bonchev–Trinajstić information content (AvgIpc) is 2.61. The fourth-order valence-corrected chi connectivity index (χ4v) is 2.72. The zero-order chi connectivity index (χ0) is 18.4. The van der Waals surface area contributed by atoms with E-state index < -0.39 is 16.0 Å². The maximum atomic E-state index is 12.2. The van der Waals surface area contributed by atoms with Crippen molar-refractivity contribution in [3.8, 4) is 11.5 Å². The van der Waals surface area contributed by atoms with E-state index in [9.17, 15) is 13.2 Å². The maximum Gasteiger partial charge on any atom is 0.335 e. The highest BCUT2D eigenvalue weighted by atomic mass is 32.2. The fraction of sp³-hybridized carbons (Fsp3) is 0.125. The zero-order valence-electron chi connectivity index (χ0n) is 13.5. The lowest BCUT2D eigenvalue weighted by molar-refractivity contribution is 0.0697. The average molecular weight is 364 g/mol. The quantitative estimate of drug-likeness (QED) is 0.571. The summed E-state index contributed by atoms with van der Waals surface area (Å²) in [5.41, 5.74) is 0.670. The van der Waals surface area contributed by atoms with Crippen molar-refractivity contribution in [1.82, 2.24) is 4.83 Å². The predicted octanol–water partition coefficient (Wildman–Crippen LogP) is 1.71. The summed E-state index contributed by atoms with van der Waals surface area (Å²) < 4.78 is 34.6. The predicted molar refractivity (Wildman–Crippen MR) is 90.9 cm³/mol. The number of sulfonamides is 1. The van der Waals surface area contributed by atoms with Crippen LogP contribution in [0.3, 0.4) is 0 Å². The van der Waals surface area contributed by atoms with Crippen LogP contribution >= 0.6 is 0 Å². The van der Waals surface area contributed by atoms with Crippen LogP contribution < -0.4 is 14.3 Å². The summed E-state index contributed by atoms with van der Waals surface area (Å²) in [6.45, 7) is 0. The van der Waals surface area contributed by atoms with Crippen LogP contribution in [-0.2, 0) is 10.0 Å². The monoisotopic (exact) mass is 364 g/mol. The Morgan fingerprint density at radius 2 is 1.72 bits per heavy atom. The molecule has 8 nitrogen and oxygen atoms in total. The number of rotatable bonds is 7. The van der Waals surface area contributed by atoms with Gasteiger partial charge in [0.15, 0.2) is 11.5 Å². The second-order valence-corrected chi connectivity index (χ2v) is 6.46. The molecule has 0 saturated carbocycles. The van der Waals surface area contributed by atoms with Gasteiger partial charge in [0.2, 0.25) is 0 Å². The van der Waals surface area contributed by atoms with E-state index in [-0.39, 0.29) is 16.2 Å². The molecule has 0 aliphatic heterocycles. The van der Waals surface area contributed by atoms with Crippen LogP contribution in [0.25, 0.3) is 0 Å². The third-order valence-electron chi connectivity index (χ3n) is 3.21. The van der Waals surface area contributed by atoms with Crippen LogP contribution in [0, 0.1) is 0 Å². The van der Waals surface area contributed by atoms with E-state index in [1.54, 1.807) is 0 Å². The third-order valence-corrected chi connectivity index (χ3v) is 4.43. The summed E-state index contributed by atoms with van der Waals surface area (Å²) in [5.74, 6) is -0.361. The minimum absolute atomic E-state index is 0.0384. The normalized spacial score (nSPS) is 11.3. The van der Waals surface area contributed by atoms with E-state index in [1.165, 1.54) is 62.9 Å². The van der Waals surface area contributed by atoms with E-state index in [4.69, 9.17) is 14.6 Å². The molecule has 0 atom stereocenters. The molecule has 0 heterocycles. The first-order valence-electron chi connectivity index (χ1n) is 6.97. The van der Waals surface area contributed by atoms with E-state index in [0.717, 1.165) is 0 Å². The van der Waals surface area contributed by atoms with Crippen LogP contribution in [-0.4, -0.2) is 39.9 Å². The van der Waals surface area contributed by atoms with Crippen molar-refractivity contribution < 1.29 is 27.8 Å². The second-order valence-electron chi connectivity index (χ2n) is 4.80. The minimum atomic E-state index is -3.89. The molecule has 0 aliphatic rings. The molecule has 0 aliphatic carbocycles. The molecule has 0 unspecified atom stereocenters. The molecular weight excluding hydrogens is 348 g/mol. The van der Waals surface area contributed by atoms with Crippen molar-refractivity contribution in [2.75, 3.05) is 14.2 Å². The van der Waals surface area contributed by atoms with E-state index in [2.05, 4.69) is 9.93 Å². The van der Waals surface area contributed by atoms with Crippen molar-refractivity contribution in [1.29, 1.82) is 0 Å². The van der Waals surface area contributed by atoms with Gasteiger partial charge in [-0.15, -0.1) is 0 Å². The molecule has 25 heavy (non-hydrogen) atoms. The van der Waals surface area contributed by atoms with Crippen LogP contribution in [0.1, 0.15) is 15.9 Å². The Morgan fingerprint density at radius 1 is 1.08 bits per heavy atom. The number of hydrazone groups is 1. The topological polar surface area (TPSA) is 114 Å². The van der Waals surface area contributed by atoms with Gasteiger partial charge in [-0.05, 0) is 29.8 Å². The summed E-state index contributed by atoms with van der Waals surface area (Å²) in [6.07, 6.45) is 1.27. The smallest absolute Gasteiger partial charge is 0.335 e. The number of ether oxygens (including phenoxy) is 2. The molecule has 0 radical (unpaired) electrons. The van der Waals surface area contributed by atoms with Gasteiger partial charge in [-0.2, -0.15) is 13.5 Å². The number of hydrogen-bond donors (Lipinski definition) is 2. The number of benzene rings is 2. The summed E-state index contributed by atoms with van der Waals surface area (Å²) in [5, 5.41) is 12.5. The van der Waals surface area contributed by atoms with Crippen molar-refractivity contribution in [3.63, 3.8) is 0 Å². The Morgan fingerprint density at radius 3 is 2.28 bits per heavy atom. The first-order chi connectivity index (χ1) is 11.9. The second kappa shape index (κ2) is 7.67. The molecular formula is C16H16N2O6S. The van der Waals surface area contributed by atoms with Crippen molar-refractivity contribution in [2.24, 2.45) is 5.10 Å². The summed E-state index contributed by atoms with van der Waals surface area (Å²) >= 11 is 0. The minimum Gasteiger partial charge on any atom is -0.493 e. The van der Waals surface area contributed by atoms with E-state index in [0.29, 0.717) is 11.3 Å². The van der Waals surface area contributed by atoms with Gasteiger partial charge in [0, 0.05) is 6.07 Å². The first kappa shape index (κ1) is 18.3. The summed E-state index contributed by atoms with van der Waals surface area (Å²) in [7, 11) is -1.04. The van der Waals surface area contributed by atoms with Gasteiger partial charge < -0.3 is 14.6 Å². The highest BCUT2D eigenvalue weighted by Crippen LogP contribution is 2.29. The molecule has 0 spiro atoms. The number of hydrogen-bond acceptors (Lipinski definition) is 6. The van der Waals surface area contributed by atoms with Gasteiger partial charge in [-0.3, -0.25) is 0 Å². The van der Waals surface area contributed by atoms with Crippen LogP contribution in [0.5, 0.6) is 11.5 Å². The number of nitrogens with one attached hydrogen (secondary N) is 1. The van der Waals surface area contributed by atoms with Gasteiger partial charge in [-0.1, -0.05) is 12.1 Å². The molecule has 132 valence electrons. The Labute approximate surface area is 144 Å². The highest BCUT2D eigenvalue weighted by Gasteiger charge is 2.16. The first-order valence-corrected chi connectivity index (χ1v) is 8.46. The number of carbonyl (C=O) groups is 1. The molecule has 2 aromatic carbocycles. The maximum absolute atomic E-state index is 12.2. The molecule has 0 amide bonds. The molecule has 9 heteroatoms. The number of carboxylic acid groups (broad SMARTS) is 1. The fourth-order valence-electron chi connectivity index (χ4n) is 1.92. The molecule has 0 bridgehead atoms. The van der Waals surface area contributed by atoms with Crippen LogP contribution in [0.4, 0.5) is 0 Å². The molecule has 2 N–H and O–H groups in total. The highest BCUT2D eigenvalue weighted by molar-refractivity contribution is 7.89. The standard InChI is InChI=1S/C16H16N2O6S/c1-23-14-8-7-13(9-15(14)24-2)25(21,22)18-17-10-11-3-5-12(6-4-11)16(19)20/h3-10,18H,1-2H3,(H,19,20)/b17-10+. The lowest BCUT2D eigenvalue weighted by Crippen LogP contribution is -2.18. The van der Waals surface area contributed by atoms with Crippen LogP contribution in [0.15, 0.2) is 52.5 Å². The third kappa shape index (κ3) is 4.48. The number of aromatic carboxylic acids is 1. The molecule has 2 aromatic rings. The van der Waals surface area contributed by atoms with E-state index >= 15 is 0 Å². The van der Waals surface area contributed by atoms with Gasteiger partial charge in [0.1, 0.15) is 0 Å². The molecule has 0 saturated heterocycles. The van der Waals surface area contributed by atoms with Crippen molar-refractivity contribution >= 4 is 22.2 Å². The van der Waals surface area contributed by atoms with Crippen molar-refractivity contribution in [2.45, 2.75) is 4.90 Å².